The summed E-state index contributed by atoms with van der Waals surface area (Å²) in [5.41, 5.74) is 2.17. The fraction of sp³-hybridized carbons (Fsp3) is 0.500. The monoisotopic (exact) mass is 443 g/mol. The van der Waals surface area contributed by atoms with Crippen LogP contribution in [0.25, 0.3) is 0 Å². The number of thiophene rings is 1. The number of amides is 2. The Morgan fingerprint density at radius 1 is 1.16 bits per heavy atom. The number of benzene rings is 1. The van der Waals surface area contributed by atoms with Crippen molar-refractivity contribution < 1.29 is 14.0 Å². The van der Waals surface area contributed by atoms with E-state index in [0.29, 0.717) is 39.0 Å². The highest BCUT2D eigenvalue weighted by Gasteiger charge is 2.32. The Bertz CT molecular complexity index is 946. The molecule has 0 spiro atoms. The van der Waals surface area contributed by atoms with Crippen LogP contribution in [-0.2, 0) is 16.0 Å². The van der Waals surface area contributed by atoms with E-state index in [0.717, 1.165) is 18.5 Å². The van der Waals surface area contributed by atoms with Crippen molar-refractivity contribution in [2.75, 3.05) is 32.7 Å². The Balaban J connectivity index is 1.43. The van der Waals surface area contributed by atoms with Crippen LogP contribution in [0, 0.1) is 5.82 Å². The quantitative estimate of drug-likeness (QED) is 0.708. The molecule has 4 rings (SSSR count). The number of halogens is 1. The molecule has 5 nitrogen and oxygen atoms in total. The SMILES string of the molecule is CCC(=O)N1CCN(C(=O)CCN2CCc3sccc3[C@@H]2c2cccc(F)c2)C[C@H]1C. The molecule has 0 unspecified atom stereocenters. The maximum atomic E-state index is 14.0. The van der Waals surface area contributed by atoms with Gasteiger partial charge >= 0.3 is 0 Å². The van der Waals surface area contributed by atoms with Gasteiger partial charge < -0.3 is 9.80 Å². The number of nitrogens with zero attached hydrogens (tertiary/aromatic N) is 3. The molecule has 1 fully saturated rings. The largest absolute Gasteiger partial charge is 0.339 e. The normalized spacial score (nSPS) is 21.8. The van der Waals surface area contributed by atoms with Gasteiger partial charge in [-0.1, -0.05) is 19.1 Å². The average Bonchev–Trinajstić information content (AvgIpc) is 3.25. The van der Waals surface area contributed by atoms with Gasteiger partial charge in [0.05, 0.1) is 6.04 Å². The molecular formula is C24H30FN3O2S. The molecule has 1 aromatic carbocycles. The summed E-state index contributed by atoms with van der Waals surface area (Å²) >= 11 is 1.75. The minimum absolute atomic E-state index is 0.0172. The minimum atomic E-state index is -0.232. The van der Waals surface area contributed by atoms with Gasteiger partial charge in [0.15, 0.2) is 0 Å². The summed E-state index contributed by atoms with van der Waals surface area (Å²) < 4.78 is 14.0. The summed E-state index contributed by atoms with van der Waals surface area (Å²) in [6.45, 7) is 7.17. The lowest BCUT2D eigenvalue weighted by molar-refractivity contribution is -0.142. The van der Waals surface area contributed by atoms with Crippen molar-refractivity contribution in [3.05, 3.63) is 57.5 Å². The van der Waals surface area contributed by atoms with Crippen molar-refractivity contribution in [1.82, 2.24) is 14.7 Å². The second-order valence-electron chi connectivity index (χ2n) is 8.42. The number of hydrogen-bond donors (Lipinski definition) is 0. The summed E-state index contributed by atoms with van der Waals surface area (Å²) in [5, 5.41) is 2.10. The van der Waals surface area contributed by atoms with E-state index in [4.69, 9.17) is 0 Å². The Hall–Kier alpha value is -2.25. The zero-order valence-electron chi connectivity index (χ0n) is 18.2. The maximum Gasteiger partial charge on any atom is 0.223 e. The van der Waals surface area contributed by atoms with Gasteiger partial charge in [-0.2, -0.15) is 0 Å². The third-order valence-electron chi connectivity index (χ3n) is 6.45. The molecule has 0 aliphatic carbocycles. The lowest BCUT2D eigenvalue weighted by Crippen LogP contribution is -2.55. The first-order valence-electron chi connectivity index (χ1n) is 11.1. The highest BCUT2D eigenvalue weighted by atomic mass is 32.1. The number of piperazine rings is 1. The molecule has 1 aromatic heterocycles. The van der Waals surface area contributed by atoms with Gasteiger partial charge in [0.2, 0.25) is 11.8 Å². The van der Waals surface area contributed by atoms with E-state index in [9.17, 15) is 14.0 Å². The predicted octanol–water partition coefficient (Wildman–Crippen LogP) is 3.69. The van der Waals surface area contributed by atoms with Gasteiger partial charge in [0.1, 0.15) is 5.82 Å². The maximum absolute atomic E-state index is 14.0. The first-order valence-corrected chi connectivity index (χ1v) is 12.0. The van der Waals surface area contributed by atoms with Crippen LogP contribution < -0.4 is 0 Å². The second-order valence-corrected chi connectivity index (χ2v) is 9.42. The van der Waals surface area contributed by atoms with E-state index >= 15 is 0 Å². The summed E-state index contributed by atoms with van der Waals surface area (Å²) in [7, 11) is 0. The van der Waals surface area contributed by atoms with E-state index in [1.807, 2.05) is 29.7 Å². The van der Waals surface area contributed by atoms with E-state index < -0.39 is 0 Å². The van der Waals surface area contributed by atoms with E-state index in [-0.39, 0.29) is 29.7 Å². The molecule has 2 amide bonds. The summed E-state index contributed by atoms with van der Waals surface area (Å²) in [4.78, 5) is 32.4. The van der Waals surface area contributed by atoms with Crippen LogP contribution >= 0.6 is 11.3 Å². The zero-order chi connectivity index (χ0) is 22.0. The van der Waals surface area contributed by atoms with E-state index in [1.165, 1.54) is 16.5 Å². The molecule has 0 N–H and O–H groups in total. The fourth-order valence-electron chi connectivity index (χ4n) is 4.83. The molecule has 31 heavy (non-hydrogen) atoms. The Morgan fingerprint density at radius 2 is 2.00 bits per heavy atom. The van der Waals surface area contributed by atoms with Crippen molar-refractivity contribution in [3.63, 3.8) is 0 Å². The third kappa shape index (κ3) is 4.67. The van der Waals surface area contributed by atoms with Gasteiger partial charge in [0, 0.05) is 56.5 Å². The molecule has 2 atom stereocenters. The lowest BCUT2D eigenvalue weighted by Gasteiger charge is -2.40. The molecule has 2 aliphatic heterocycles. The topological polar surface area (TPSA) is 43.9 Å². The molecular weight excluding hydrogens is 413 g/mol. The number of fused-ring (bicyclic) bond motifs is 1. The number of rotatable bonds is 5. The Labute approximate surface area is 187 Å². The van der Waals surface area contributed by atoms with Crippen molar-refractivity contribution >= 4 is 23.2 Å². The summed E-state index contributed by atoms with van der Waals surface area (Å²) in [6, 6.07) is 8.98. The van der Waals surface area contributed by atoms with Crippen LogP contribution in [0.5, 0.6) is 0 Å². The van der Waals surface area contributed by atoms with E-state index in [2.05, 4.69) is 16.3 Å². The predicted molar refractivity (Wildman–Crippen MR) is 121 cm³/mol. The van der Waals surface area contributed by atoms with Crippen LogP contribution in [0.4, 0.5) is 4.39 Å². The lowest BCUT2D eigenvalue weighted by atomic mass is 9.93. The van der Waals surface area contributed by atoms with Crippen LogP contribution in [-0.4, -0.2) is 65.3 Å². The van der Waals surface area contributed by atoms with Crippen LogP contribution in [0.3, 0.4) is 0 Å². The van der Waals surface area contributed by atoms with Gasteiger partial charge in [-0.25, -0.2) is 4.39 Å². The minimum Gasteiger partial charge on any atom is -0.339 e. The molecule has 2 aliphatic rings. The van der Waals surface area contributed by atoms with Crippen molar-refractivity contribution in [3.8, 4) is 0 Å². The highest BCUT2D eigenvalue weighted by Crippen LogP contribution is 2.38. The second kappa shape index (κ2) is 9.49. The van der Waals surface area contributed by atoms with Gasteiger partial charge in [0.25, 0.3) is 0 Å². The van der Waals surface area contributed by atoms with Gasteiger partial charge in [-0.15, -0.1) is 11.3 Å². The summed E-state index contributed by atoms with van der Waals surface area (Å²) in [5.74, 6) is 0.0475. The molecule has 1 saturated heterocycles. The molecule has 166 valence electrons. The van der Waals surface area contributed by atoms with Crippen molar-refractivity contribution in [1.29, 1.82) is 0 Å². The van der Waals surface area contributed by atoms with E-state index in [1.54, 1.807) is 23.5 Å². The average molecular weight is 444 g/mol. The molecule has 0 radical (unpaired) electrons. The van der Waals surface area contributed by atoms with Crippen molar-refractivity contribution in [2.45, 2.75) is 45.2 Å². The van der Waals surface area contributed by atoms with Gasteiger partial charge in [-0.05, 0) is 48.1 Å². The molecule has 3 heterocycles. The van der Waals surface area contributed by atoms with Crippen LogP contribution in [0.15, 0.2) is 35.7 Å². The van der Waals surface area contributed by atoms with Crippen molar-refractivity contribution in [2.24, 2.45) is 0 Å². The van der Waals surface area contributed by atoms with Crippen LogP contribution in [0.2, 0.25) is 0 Å². The third-order valence-corrected chi connectivity index (χ3v) is 7.44. The number of hydrogen-bond acceptors (Lipinski definition) is 4. The Kier molecular flexibility index (Phi) is 6.72. The zero-order valence-corrected chi connectivity index (χ0v) is 19.0. The number of carbonyl (C=O) groups is 2. The molecule has 0 bridgehead atoms. The first-order chi connectivity index (χ1) is 15.0. The summed E-state index contributed by atoms with van der Waals surface area (Å²) in [6.07, 6.45) is 1.89. The standard InChI is InChI=1S/C24H30FN3O2S/c1-3-22(29)28-13-12-27(16-17(28)2)23(30)8-11-26-10-7-21-20(9-14-31-21)24(26)18-5-4-6-19(25)15-18/h4-6,9,14-15,17,24H,3,7-8,10-13,16H2,1-2H3/t17-,24+/m1/s1. The molecule has 2 aromatic rings. The Morgan fingerprint density at radius 3 is 2.74 bits per heavy atom. The highest BCUT2D eigenvalue weighted by molar-refractivity contribution is 7.10. The number of carbonyl (C=O) groups excluding carboxylic acids is 2. The van der Waals surface area contributed by atoms with Crippen LogP contribution in [0.1, 0.15) is 48.7 Å². The van der Waals surface area contributed by atoms with Gasteiger partial charge in [-0.3, -0.25) is 14.5 Å². The fourth-order valence-corrected chi connectivity index (χ4v) is 5.74. The first kappa shape index (κ1) is 22.0. The smallest absolute Gasteiger partial charge is 0.223 e. The molecule has 0 saturated carbocycles. The molecule has 7 heteroatoms.